The number of nitrogens with zero attached hydrogens (tertiary/aromatic N) is 1. The number of phenolic OH excluding ortho intramolecular Hbond substituents is 1. The summed E-state index contributed by atoms with van der Waals surface area (Å²) >= 11 is 0. The molecule has 0 atom stereocenters. The highest BCUT2D eigenvalue weighted by molar-refractivity contribution is 5.85. The third-order valence-electron chi connectivity index (χ3n) is 5.23. The molecule has 0 radical (unpaired) electrons. The third kappa shape index (κ3) is 3.96. The number of hydrogen-bond donors (Lipinski definition) is 1. The van der Waals surface area contributed by atoms with Crippen LogP contribution in [-0.2, 0) is 13.0 Å². The van der Waals surface area contributed by atoms with Crippen LogP contribution in [0.25, 0.3) is 5.57 Å². The topological polar surface area (TPSA) is 23.5 Å². The molecule has 1 N–H and O–H groups in total. The molecule has 2 nitrogen and oxygen atoms in total. The van der Waals surface area contributed by atoms with Gasteiger partial charge >= 0.3 is 0 Å². The summed E-state index contributed by atoms with van der Waals surface area (Å²) in [4.78, 5) is 2.39. The van der Waals surface area contributed by atoms with Gasteiger partial charge in [0.2, 0.25) is 0 Å². The Morgan fingerprint density at radius 3 is 2.26 bits per heavy atom. The molecule has 1 aliphatic rings. The second-order valence-electron chi connectivity index (χ2n) is 7.34. The molecule has 0 aliphatic heterocycles. The molecule has 0 bridgehead atoms. The van der Waals surface area contributed by atoms with Crippen molar-refractivity contribution in [3.63, 3.8) is 0 Å². The third-order valence-corrected chi connectivity index (χ3v) is 5.23. The average molecular weight is 355 g/mol. The number of phenols is 1. The molecule has 0 saturated heterocycles. The molecule has 0 fully saturated rings. The number of aryl methyl sites for hydroxylation is 1. The predicted molar refractivity (Wildman–Crippen MR) is 112 cm³/mol. The van der Waals surface area contributed by atoms with Crippen LogP contribution in [0.15, 0.2) is 84.4 Å². The van der Waals surface area contributed by atoms with E-state index in [1.807, 2.05) is 6.07 Å². The SMILES string of the molecule is CN(CC1=C(c2ccccc2)c2ccc(O)cc2CC1)Cc1ccccc1. The lowest BCUT2D eigenvalue weighted by Crippen LogP contribution is -2.23. The Labute approximate surface area is 161 Å². The Kier molecular flexibility index (Phi) is 5.08. The van der Waals surface area contributed by atoms with E-state index in [9.17, 15) is 5.11 Å². The second kappa shape index (κ2) is 7.81. The maximum absolute atomic E-state index is 9.90. The van der Waals surface area contributed by atoms with Gasteiger partial charge < -0.3 is 5.11 Å². The quantitative estimate of drug-likeness (QED) is 0.674. The Bertz CT molecular complexity index is 945. The summed E-state index contributed by atoms with van der Waals surface area (Å²) in [7, 11) is 2.19. The van der Waals surface area contributed by atoms with Gasteiger partial charge in [-0.1, -0.05) is 66.7 Å². The van der Waals surface area contributed by atoms with E-state index in [0.717, 1.165) is 25.9 Å². The monoisotopic (exact) mass is 355 g/mol. The highest BCUT2D eigenvalue weighted by Crippen LogP contribution is 2.37. The van der Waals surface area contributed by atoms with Crippen molar-refractivity contribution in [1.29, 1.82) is 0 Å². The Balaban J connectivity index is 1.69. The van der Waals surface area contributed by atoms with E-state index in [1.54, 1.807) is 6.07 Å². The van der Waals surface area contributed by atoms with Crippen LogP contribution in [0, 0.1) is 0 Å². The molecule has 3 aromatic rings. The highest BCUT2D eigenvalue weighted by Gasteiger charge is 2.21. The van der Waals surface area contributed by atoms with Gasteiger partial charge in [-0.05, 0) is 65.4 Å². The highest BCUT2D eigenvalue weighted by atomic mass is 16.3. The van der Waals surface area contributed by atoms with E-state index in [4.69, 9.17) is 0 Å². The fourth-order valence-electron chi connectivity index (χ4n) is 4.03. The molecule has 0 saturated carbocycles. The van der Waals surface area contributed by atoms with Crippen LogP contribution in [-0.4, -0.2) is 23.6 Å². The summed E-state index contributed by atoms with van der Waals surface area (Å²) in [6.07, 6.45) is 2.01. The number of aromatic hydroxyl groups is 1. The van der Waals surface area contributed by atoms with Crippen LogP contribution in [0.2, 0.25) is 0 Å². The maximum atomic E-state index is 9.90. The van der Waals surface area contributed by atoms with Crippen LogP contribution in [0.3, 0.4) is 0 Å². The molecule has 4 rings (SSSR count). The minimum absolute atomic E-state index is 0.353. The summed E-state index contributed by atoms with van der Waals surface area (Å²) in [6.45, 7) is 1.88. The number of hydrogen-bond acceptors (Lipinski definition) is 2. The Morgan fingerprint density at radius 1 is 0.815 bits per heavy atom. The molecule has 0 aromatic heterocycles. The van der Waals surface area contributed by atoms with Crippen LogP contribution in [0.5, 0.6) is 5.75 Å². The average Bonchev–Trinajstić information content (AvgIpc) is 2.69. The van der Waals surface area contributed by atoms with Crippen molar-refractivity contribution in [2.75, 3.05) is 13.6 Å². The van der Waals surface area contributed by atoms with Crippen molar-refractivity contribution < 1.29 is 5.11 Å². The molecular formula is C25H25NO. The van der Waals surface area contributed by atoms with Gasteiger partial charge in [-0.25, -0.2) is 0 Å². The van der Waals surface area contributed by atoms with Crippen LogP contribution >= 0.6 is 0 Å². The zero-order chi connectivity index (χ0) is 18.6. The largest absolute Gasteiger partial charge is 0.508 e. The Hall–Kier alpha value is -2.84. The minimum atomic E-state index is 0.353. The predicted octanol–water partition coefficient (Wildman–Crippen LogP) is 5.27. The van der Waals surface area contributed by atoms with Gasteiger partial charge in [0, 0.05) is 13.1 Å². The van der Waals surface area contributed by atoms with Gasteiger partial charge in [0.15, 0.2) is 0 Å². The standard InChI is InChI=1S/C25H25NO/c1-26(17-19-8-4-2-5-9-19)18-22-13-12-21-16-23(27)14-15-24(21)25(22)20-10-6-3-7-11-20/h2-11,14-16,27H,12-13,17-18H2,1H3. The van der Waals surface area contributed by atoms with Gasteiger partial charge in [-0.15, -0.1) is 0 Å². The summed E-state index contributed by atoms with van der Waals surface area (Å²) < 4.78 is 0. The zero-order valence-corrected chi connectivity index (χ0v) is 15.7. The minimum Gasteiger partial charge on any atom is -0.508 e. The fourth-order valence-corrected chi connectivity index (χ4v) is 4.03. The molecule has 27 heavy (non-hydrogen) atoms. The molecule has 0 amide bonds. The summed E-state index contributed by atoms with van der Waals surface area (Å²) in [6, 6.07) is 27.1. The first-order valence-electron chi connectivity index (χ1n) is 9.53. The van der Waals surface area contributed by atoms with Gasteiger partial charge in [0.05, 0.1) is 0 Å². The van der Waals surface area contributed by atoms with Gasteiger partial charge in [0.25, 0.3) is 0 Å². The molecule has 0 unspecified atom stereocenters. The fraction of sp³-hybridized carbons (Fsp3) is 0.200. The Morgan fingerprint density at radius 2 is 1.52 bits per heavy atom. The molecule has 136 valence electrons. The molecule has 2 heteroatoms. The number of likely N-dealkylation sites (N-methyl/N-ethyl adjacent to an activating group) is 1. The van der Waals surface area contributed by atoms with Crippen molar-refractivity contribution in [3.8, 4) is 5.75 Å². The van der Waals surface area contributed by atoms with E-state index in [-0.39, 0.29) is 0 Å². The van der Waals surface area contributed by atoms with Crippen LogP contribution in [0.4, 0.5) is 0 Å². The maximum Gasteiger partial charge on any atom is 0.115 e. The van der Waals surface area contributed by atoms with Gasteiger partial charge in [0.1, 0.15) is 5.75 Å². The normalized spacial score (nSPS) is 13.7. The lowest BCUT2D eigenvalue weighted by atomic mass is 9.82. The molecule has 3 aromatic carbocycles. The molecule has 0 spiro atoms. The first-order valence-corrected chi connectivity index (χ1v) is 9.53. The van der Waals surface area contributed by atoms with E-state index in [0.29, 0.717) is 5.75 Å². The van der Waals surface area contributed by atoms with Crippen molar-refractivity contribution >= 4 is 5.57 Å². The number of fused-ring (bicyclic) bond motifs is 1. The summed E-state index contributed by atoms with van der Waals surface area (Å²) in [5, 5.41) is 9.90. The molecular weight excluding hydrogens is 330 g/mol. The second-order valence-corrected chi connectivity index (χ2v) is 7.34. The lowest BCUT2D eigenvalue weighted by molar-refractivity contribution is 0.351. The first-order chi connectivity index (χ1) is 13.2. The number of rotatable bonds is 5. The van der Waals surface area contributed by atoms with Crippen molar-refractivity contribution in [1.82, 2.24) is 4.90 Å². The number of benzene rings is 3. The van der Waals surface area contributed by atoms with E-state index in [1.165, 1.54) is 33.4 Å². The van der Waals surface area contributed by atoms with Gasteiger partial charge in [-0.3, -0.25) is 4.90 Å². The van der Waals surface area contributed by atoms with Crippen LogP contribution < -0.4 is 0 Å². The first kappa shape index (κ1) is 17.6. The smallest absolute Gasteiger partial charge is 0.115 e. The van der Waals surface area contributed by atoms with Gasteiger partial charge in [-0.2, -0.15) is 0 Å². The lowest BCUT2D eigenvalue weighted by Gasteiger charge is -2.27. The summed E-state index contributed by atoms with van der Waals surface area (Å²) in [5.74, 6) is 0.353. The van der Waals surface area contributed by atoms with Crippen LogP contribution in [0.1, 0.15) is 28.7 Å². The van der Waals surface area contributed by atoms with E-state index >= 15 is 0 Å². The van der Waals surface area contributed by atoms with Crippen molar-refractivity contribution in [2.24, 2.45) is 0 Å². The van der Waals surface area contributed by atoms with Crippen molar-refractivity contribution in [3.05, 3.63) is 107 Å². The molecule has 1 aliphatic carbocycles. The summed E-state index contributed by atoms with van der Waals surface area (Å²) in [5.41, 5.74) is 7.89. The van der Waals surface area contributed by atoms with Crippen molar-refractivity contribution in [2.45, 2.75) is 19.4 Å². The molecule has 0 heterocycles. The zero-order valence-electron chi connectivity index (χ0n) is 15.7. The van der Waals surface area contributed by atoms with E-state index in [2.05, 4.69) is 78.7 Å². The van der Waals surface area contributed by atoms with E-state index < -0.39 is 0 Å².